The summed E-state index contributed by atoms with van der Waals surface area (Å²) in [5.41, 5.74) is 0.760. The van der Waals surface area contributed by atoms with Crippen molar-refractivity contribution in [1.29, 1.82) is 5.41 Å². The average Bonchev–Trinajstić information content (AvgIpc) is 2.50. The number of carbonyl (C=O) groups is 1. The van der Waals surface area contributed by atoms with Crippen molar-refractivity contribution in [3.8, 4) is 11.3 Å². The highest BCUT2D eigenvalue weighted by Crippen LogP contribution is 2.14. The molecule has 2 aromatic rings. The van der Waals surface area contributed by atoms with Gasteiger partial charge in [0.2, 0.25) is 0 Å². The third-order valence-corrected chi connectivity index (χ3v) is 3.20. The monoisotopic (exact) mass is 286 g/mol. The maximum Gasteiger partial charge on any atom is 0.274 e. The van der Waals surface area contributed by atoms with Gasteiger partial charge >= 0.3 is 0 Å². The summed E-state index contributed by atoms with van der Waals surface area (Å²) in [5.74, 6) is -0.463. The van der Waals surface area contributed by atoms with E-state index in [0.29, 0.717) is 10.4 Å². The standard InChI is InChI=1S/C15H18N4O2/c1-3-10(2)17-15(20)13-14(16)19(21)9-12(18-13)11-7-5-4-6-8-11/h4-10,16,21H,3H2,1-2H3,(H,17,20). The van der Waals surface area contributed by atoms with Crippen molar-refractivity contribution in [2.45, 2.75) is 26.3 Å². The Morgan fingerprint density at radius 3 is 2.71 bits per heavy atom. The summed E-state index contributed by atoms with van der Waals surface area (Å²) in [6.07, 6.45) is 2.09. The molecule has 1 amide bonds. The lowest BCUT2D eigenvalue weighted by Crippen LogP contribution is -2.38. The van der Waals surface area contributed by atoms with Gasteiger partial charge in [0, 0.05) is 11.6 Å². The van der Waals surface area contributed by atoms with Gasteiger partial charge in [0.1, 0.15) is 0 Å². The molecule has 6 nitrogen and oxygen atoms in total. The van der Waals surface area contributed by atoms with Gasteiger partial charge in [0.15, 0.2) is 11.2 Å². The highest BCUT2D eigenvalue weighted by Gasteiger charge is 2.16. The van der Waals surface area contributed by atoms with Crippen molar-refractivity contribution in [3.05, 3.63) is 47.7 Å². The van der Waals surface area contributed by atoms with Crippen LogP contribution in [0.1, 0.15) is 30.8 Å². The Labute approximate surface area is 122 Å². The van der Waals surface area contributed by atoms with Crippen LogP contribution in [0.15, 0.2) is 36.5 Å². The predicted molar refractivity (Wildman–Crippen MR) is 77.9 cm³/mol. The second-order valence-corrected chi connectivity index (χ2v) is 4.82. The SMILES string of the molecule is CCC(C)NC(=O)c1nc(-c2ccccc2)cn(O)c1=N. The highest BCUT2D eigenvalue weighted by molar-refractivity contribution is 5.92. The lowest BCUT2D eigenvalue weighted by atomic mass is 10.1. The first kappa shape index (κ1) is 14.8. The summed E-state index contributed by atoms with van der Waals surface area (Å²) in [5, 5.41) is 20.3. The van der Waals surface area contributed by atoms with Crippen LogP contribution in [0.5, 0.6) is 0 Å². The van der Waals surface area contributed by atoms with Gasteiger partial charge in [0.25, 0.3) is 5.91 Å². The summed E-state index contributed by atoms with van der Waals surface area (Å²) in [6.45, 7) is 3.82. The van der Waals surface area contributed by atoms with E-state index in [1.807, 2.05) is 44.2 Å². The lowest BCUT2D eigenvalue weighted by molar-refractivity contribution is 0.0922. The Balaban J connectivity index is 2.45. The number of hydrogen-bond donors (Lipinski definition) is 3. The molecule has 0 aliphatic carbocycles. The summed E-state index contributed by atoms with van der Waals surface area (Å²) in [7, 11) is 0. The molecule has 0 saturated heterocycles. The van der Waals surface area contributed by atoms with Crippen LogP contribution in [0.3, 0.4) is 0 Å². The molecule has 0 radical (unpaired) electrons. The maximum absolute atomic E-state index is 12.2. The molecule has 110 valence electrons. The van der Waals surface area contributed by atoms with Gasteiger partial charge in [-0.25, -0.2) is 4.98 Å². The number of rotatable bonds is 4. The zero-order valence-corrected chi connectivity index (χ0v) is 12.0. The molecule has 0 bridgehead atoms. The molecule has 0 spiro atoms. The quantitative estimate of drug-likeness (QED) is 0.748. The fourth-order valence-corrected chi connectivity index (χ4v) is 1.79. The fourth-order valence-electron chi connectivity index (χ4n) is 1.79. The summed E-state index contributed by atoms with van der Waals surface area (Å²) in [4.78, 5) is 16.4. The Hall–Kier alpha value is -2.63. The molecule has 21 heavy (non-hydrogen) atoms. The molecule has 6 heteroatoms. The van der Waals surface area contributed by atoms with Crippen LogP contribution in [0, 0.1) is 5.41 Å². The molecular formula is C15H18N4O2. The number of amides is 1. The van der Waals surface area contributed by atoms with Gasteiger partial charge in [-0.2, -0.15) is 4.73 Å². The third-order valence-electron chi connectivity index (χ3n) is 3.20. The third kappa shape index (κ3) is 3.28. The number of nitrogens with one attached hydrogen (secondary N) is 2. The molecule has 1 aromatic carbocycles. The normalized spacial score (nSPS) is 11.9. The van der Waals surface area contributed by atoms with E-state index in [-0.39, 0.29) is 17.2 Å². The topological polar surface area (TPSA) is 91.0 Å². The van der Waals surface area contributed by atoms with E-state index in [1.165, 1.54) is 6.20 Å². The summed E-state index contributed by atoms with van der Waals surface area (Å²) >= 11 is 0. The van der Waals surface area contributed by atoms with Crippen molar-refractivity contribution >= 4 is 5.91 Å². The van der Waals surface area contributed by atoms with E-state index in [2.05, 4.69) is 10.3 Å². The molecule has 0 aliphatic rings. The van der Waals surface area contributed by atoms with Crippen LogP contribution in [-0.2, 0) is 0 Å². The first-order chi connectivity index (χ1) is 10.0. The number of aromatic nitrogens is 2. The fraction of sp³-hybridized carbons (Fsp3) is 0.267. The van der Waals surface area contributed by atoms with Gasteiger partial charge < -0.3 is 10.5 Å². The first-order valence-corrected chi connectivity index (χ1v) is 6.76. The summed E-state index contributed by atoms with van der Waals surface area (Å²) in [6, 6.07) is 9.17. The minimum atomic E-state index is -0.463. The number of hydrogen-bond acceptors (Lipinski definition) is 4. The van der Waals surface area contributed by atoms with Crippen LogP contribution >= 0.6 is 0 Å². The zero-order chi connectivity index (χ0) is 15.4. The second-order valence-electron chi connectivity index (χ2n) is 4.82. The van der Waals surface area contributed by atoms with Crippen LogP contribution in [0.2, 0.25) is 0 Å². The van der Waals surface area contributed by atoms with Crippen molar-refractivity contribution in [2.75, 3.05) is 0 Å². The van der Waals surface area contributed by atoms with Crippen molar-refractivity contribution in [2.24, 2.45) is 0 Å². The highest BCUT2D eigenvalue weighted by atomic mass is 16.5. The molecule has 0 saturated carbocycles. The van der Waals surface area contributed by atoms with Gasteiger partial charge in [0.05, 0.1) is 11.9 Å². The van der Waals surface area contributed by atoms with Gasteiger partial charge in [-0.3, -0.25) is 10.2 Å². The van der Waals surface area contributed by atoms with E-state index in [1.54, 1.807) is 0 Å². The van der Waals surface area contributed by atoms with Crippen LogP contribution in [0.25, 0.3) is 11.3 Å². The Morgan fingerprint density at radius 1 is 1.43 bits per heavy atom. The van der Waals surface area contributed by atoms with Gasteiger partial charge in [-0.15, -0.1) is 0 Å². The van der Waals surface area contributed by atoms with Crippen molar-refractivity contribution < 1.29 is 10.0 Å². The number of benzene rings is 1. The molecule has 0 fully saturated rings. The van der Waals surface area contributed by atoms with Crippen LogP contribution < -0.4 is 10.8 Å². The smallest absolute Gasteiger partial charge is 0.274 e. The van der Waals surface area contributed by atoms with E-state index >= 15 is 0 Å². The molecule has 1 atom stereocenters. The Bertz CT molecular complexity index is 695. The molecule has 3 N–H and O–H groups in total. The lowest BCUT2D eigenvalue weighted by Gasteiger charge is -2.12. The molecule has 1 heterocycles. The number of nitrogens with zero attached hydrogens (tertiary/aromatic N) is 2. The van der Waals surface area contributed by atoms with Crippen molar-refractivity contribution in [1.82, 2.24) is 15.0 Å². The number of carbonyl (C=O) groups excluding carboxylic acids is 1. The maximum atomic E-state index is 12.2. The van der Waals surface area contributed by atoms with E-state index in [9.17, 15) is 10.0 Å². The Kier molecular flexibility index (Phi) is 4.37. The van der Waals surface area contributed by atoms with E-state index < -0.39 is 5.91 Å². The van der Waals surface area contributed by atoms with Crippen LogP contribution in [-0.4, -0.2) is 26.9 Å². The van der Waals surface area contributed by atoms with Crippen molar-refractivity contribution in [3.63, 3.8) is 0 Å². The minimum absolute atomic E-state index is 0.0220. The van der Waals surface area contributed by atoms with Gasteiger partial charge in [-0.05, 0) is 13.3 Å². The molecule has 2 rings (SSSR count). The average molecular weight is 286 g/mol. The molecule has 0 aliphatic heterocycles. The molecule has 1 aromatic heterocycles. The van der Waals surface area contributed by atoms with E-state index in [0.717, 1.165) is 12.0 Å². The van der Waals surface area contributed by atoms with E-state index in [4.69, 9.17) is 5.41 Å². The van der Waals surface area contributed by atoms with Crippen LogP contribution in [0.4, 0.5) is 0 Å². The Morgan fingerprint density at radius 2 is 2.10 bits per heavy atom. The van der Waals surface area contributed by atoms with Gasteiger partial charge in [-0.1, -0.05) is 37.3 Å². The largest absolute Gasteiger partial charge is 0.427 e. The summed E-state index contributed by atoms with van der Waals surface area (Å²) < 4.78 is 0.612. The minimum Gasteiger partial charge on any atom is -0.427 e. The molecule has 1 unspecified atom stereocenters. The molecular weight excluding hydrogens is 268 g/mol. The predicted octanol–water partition coefficient (Wildman–Crippen LogP) is 1.80. The second kappa shape index (κ2) is 6.21. The first-order valence-electron chi connectivity index (χ1n) is 6.76. The zero-order valence-electron chi connectivity index (χ0n) is 12.0.